The Labute approximate surface area is 222 Å². The van der Waals surface area contributed by atoms with Crippen molar-refractivity contribution in [3.63, 3.8) is 0 Å². The molecule has 0 radical (unpaired) electrons. The van der Waals surface area contributed by atoms with E-state index < -0.39 is 48.5 Å². The molecule has 0 saturated carbocycles. The van der Waals surface area contributed by atoms with E-state index >= 15 is 0 Å². The summed E-state index contributed by atoms with van der Waals surface area (Å²) in [7, 11) is 0. The molecule has 1 fully saturated rings. The van der Waals surface area contributed by atoms with Crippen LogP contribution in [0, 0.1) is 5.92 Å². The van der Waals surface area contributed by atoms with Crippen LogP contribution in [0.3, 0.4) is 0 Å². The molecule has 1 aliphatic rings. The highest BCUT2D eigenvalue weighted by Gasteiger charge is 2.46. The van der Waals surface area contributed by atoms with Gasteiger partial charge in [0, 0.05) is 19.8 Å². The Balaban J connectivity index is 1.84. The first-order valence-electron chi connectivity index (χ1n) is 12.2. The lowest BCUT2D eigenvalue weighted by Crippen LogP contribution is -2.39. The molecule has 2 aromatic heterocycles. The minimum Gasteiger partial charge on any atom is -0.463 e. The maximum atomic E-state index is 12.6. The Kier molecular flexibility index (Phi) is 10.5. The first kappa shape index (κ1) is 30.1. The minimum absolute atomic E-state index is 0.0271. The summed E-state index contributed by atoms with van der Waals surface area (Å²) in [4.78, 5) is 57.7. The second-order valence-corrected chi connectivity index (χ2v) is 8.92. The Morgan fingerprint density at radius 3 is 2.31 bits per heavy atom. The second-order valence-electron chi connectivity index (χ2n) is 8.92. The molecule has 2 unspecified atom stereocenters. The van der Waals surface area contributed by atoms with Crippen molar-refractivity contribution < 1.29 is 47.9 Å². The number of hydrogen-bond donors (Lipinski definition) is 3. The van der Waals surface area contributed by atoms with Crippen LogP contribution >= 0.6 is 0 Å². The van der Waals surface area contributed by atoms with Crippen molar-refractivity contribution >= 4 is 35.0 Å². The van der Waals surface area contributed by atoms with Crippen LogP contribution < -0.4 is 10.9 Å². The molecule has 0 aromatic carbocycles. The summed E-state index contributed by atoms with van der Waals surface area (Å²) in [6.45, 7) is 5.71. The number of aliphatic hydroxyl groups excluding tert-OH is 1. The highest BCUT2D eigenvalue weighted by Crippen LogP contribution is 2.34. The topological polar surface area (TPSA) is 202 Å². The third-order valence-electron chi connectivity index (χ3n) is 5.48. The van der Waals surface area contributed by atoms with Gasteiger partial charge in [0.1, 0.15) is 25.4 Å². The van der Waals surface area contributed by atoms with Gasteiger partial charge in [-0.05, 0) is 6.92 Å². The van der Waals surface area contributed by atoms with Gasteiger partial charge in [-0.2, -0.15) is 4.98 Å². The zero-order valence-electron chi connectivity index (χ0n) is 22.2. The molecule has 0 spiro atoms. The number of anilines is 1. The molecule has 39 heavy (non-hydrogen) atoms. The zero-order valence-corrected chi connectivity index (χ0v) is 22.2. The van der Waals surface area contributed by atoms with Crippen molar-refractivity contribution in [3.8, 4) is 0 Å². The highest BCUT2D eigenvalue weighted by atomic mass is 16.9. The van der Waals surface area contributed by atoms with E-state index in [4.69, 9.17) is 28.4 Å². The lowest BCUT2D eigenvalue weighted by molar-refractivity contribution is -0.320. The van der Waals surface area contributed by atoms with E-state index in [-0.39, 0.29) is 55.4 Å². The summed E-state index contributed by atoms with van der Waals surface area (Å²) in [6.07, 6.45) is -2.75. The number of ether oxygens (including phenoxy) is 6. The number of nitrogens with zero attached hydrogens (tertiary/aromatic N) is 3. The van der Waals surface area contributed by atoms with Gasteiger partial charge in [-0.1, -0.05) is 13.8 Å². The Bertz CT molecular complexity index is 1190. The number of H-pyrrole nitrogens is 1. The Morgan fingerprint density at radius 1 is 1.13 bits per heavy atom. The zero-order chi connectivity index (χ0) is 28.7. The maximum absolute atomic E-state index is 12.6. The summed E-state index contributed by atoms with van der Waals surface area (Å²) in [5, 5.41) is 13.4. The average molecular weight is 556 g/mol. The molecule has 1 amide bonds. The number of fused-ring (bicyclic) bond motifs is 1. The molecule has 216 valence electrons. The molecule has 3 rings (SSSR count). The van der Waals surface area contributed by atoms with E-state index in [1.807, 2.05) is 0 Å². The molecule has 16 nitrogen and oxygen atoms in total. The number of amides is 1. The lowest BCUT2D eigenvalue weighted by Gasteiger charge is -2.27. The predicted molar refractivity (Wildman–Crippen MR) is 131 cm³/mol. The first-order chi connectivity index (χ1) is 18.5. The van der Waals surface area contributed by atoms with Gasteiger partial charge in [0.05, 0.1) is 25.6 Å². The van der Waals surface area contributed by atoms with Crippen molar-refractivity contribution in [1.29, 1.82) is 0 Å². The van der Waals surface area contributed by atoms with Crippen LogP contribution in [0.25, 0.3) is 11.2 Å². The third kappa shape index (κ3) is 8.03. The highest BCUT2D eigenvalue weighted by molar-refractivity contribution is 5.91. The maximum Gasteiger partial charge on any atom is 0.302 e. The minimum atomic E-state index is -1.39. The van der Waals surface area contributed by atoms with Crippen LogP contribution in [0.1, 0.15) is 40.8 Å². The largest absolute Gasteiger partial charge is 0.463 e. The van der Waals surface area contributed by atoms with Gasteiger partial charge in [0.2, 0.25) is 11.9 Å². The van der Waals surface area contributed by atoms with Gasteiger partial charge < -0.3 is 33.5 Å². The van der Waals surface area contributed by atoms with Gasteiger partial charge in [-0.25, -0.2) is 4.98 Å². The predicted octanol–water partition coefficient (Wildman–Crippen LogP) is -0.179. The molecular formula is C23H33N5O11. The number of carbonyl (C=O) groups is 3. The van der Waals surface area contributed by atoms with Crippen LogP contribution in [-0.2, 0) is 42.8 Å². The summed E-state index contributed by atoms with van der Waals surface area (Å²) in [5.41, 5.74) is -0.552. The summed E-state index contributed by atoms with van der Waals surface area (Å²) < 4.78 is 34.0. The molecule has 3 N–H and O–H groups in total. The fourth-order valence-corrected chi connectivity index (χ4v) is 3.53. The van der Waals surface area contributed by atoms with Crippen molar-refractivity contribution in [3.05, 3.63) is 16.7 Å². The van der Waals surface area contributed by atoms with E-state index in [9.17, 15) is 24.3 Å². The number of rotatable bonds is 13. The molecule has 4 atom stereocenters. The molecule has 0 bridgehead atoms. The standard InChI is InChI=1S/C23H33N5O11/c1-11(2)19(32)26-22-25-18-15(20(33)27-22)24-10-28(18)21-17(16(31)12(3)38-21)39-23(36-8-6-34-13(4)29)37-9-7-35-14(5)30/h10-12,16-17,21,23,31H,6-9H2,1-5H3,(H2,25,26,27,32,33)/t12-,16?,17?,21-/m1/s1. The number of aliphatic hydroxyl groups is 1. The monoisotopic (exact) mass is 555 g/mol. The number of carbonyl (C=O) groups excluding carboxylic acids is 3. The molecular weight excluding hydrogens is 522 g/mol. The Morgan fingerprint density at radius 2 is 1.74 bits per heavy atom. The third-order valence-corrected chi connectivity index (χ3v) is 5.48. The number of nitrogens with one attached hydrogen (secondary N) is 2. The van der Waals surface area contributed by atoms with Crippen molar-refractivity contribution in [2.75, 3.05) is 31.7 Å². The SMILES string of the molecule is CC(=O)OCCOC(OCCOC(C)=O)OC1C(O)[C@@H](C)O[C@H]1n1cnc2c(=O)[nH]c(NC(=O)C(C)C)nc21. The van der Waals surface area contributed by atoms with Gasteiger partial charge in [-0.3, -0.25) is 34.0 Å². The van der Waals surface area contributed by atoms with E-state index in [1.165, 1.54) is 24.7 Å². The molecule has 2 aromatic rings. The summed E-state index contributed by atoms with van der Waals surface area (Å²) >= 11 is 0. The number of esters is 2. The number of aromatic nitrogens is 4. The first-order valence-corrected chi connectivity index (χ1v) is 12.2. The number of aromatic amines is 1. The van der Waals surface area contributed by atoms with Crippen molar-refractivity contribution in [2.45, 2.75) is 65.6 Å². The Hall–Kier alpha value is -3.44. The van der Waals surface area contributed by atoms with Crippen molar-refractivity contribution in [2.24, 2.45) is 5.92 Å². The van der Waals surface area contributed by atoms with Crippen molar-refractivity contribution in [1.82, 2.24) is 19.5 Å². The second kappa shape index (κ2) is 13.6. The number of imidazole rings is 1. The summed E-state index contributed by atoms with van der Waals surface area (Å²) in [5.74, 6) is -1.80. The van der Waals surface area contributed by atoms with Crippen LogP contribution in [0.2, 0.25) is 0 Å². The van der Waals surface area contributed by atoms with Crippen LogP contribution in [0.5, 0.6) is 0 Å². The van der Waals surface area contributed by atoms with Gasteiger partial charge in [0.25, 0.3) is 12.0 Å². The lowest BCUT2D eigenvalue weighted by atomic mass is 10.1. The molecule has 1 aliphatic heterocycles. The fourth-order valence-electron chi connectivity index (χ4n) is 3.53. The van der Waals surface area contributed by atoms with E-state index in [2.05, 4.69) is 20.3 Å². The smallest absolute Gasteiger partial charge is 0.302 e. The quantitative estimate of drug-likeness (QED) is 0.167. The number of hydrogen-bond acceptors (Lipinski definition) is 13. The molecule has 16 heteroatoms. The van der Waals surface area contributed by atoms with Crippen LogP contribution in [0.4, 0.5) is 5.95 Å². The van der Waals surface area contributed by atoms with E-state index in [0.717, 1.165) is 0 Å². The van der Waals surface area contributed by atoms with Gasteiger partial charge in [-0.15, -0.1) is 0 Å². The molecule has 0 aliphatic carbocycles. The summed E-state index contributed by atoms with van der Waals surface area (Å²) in [6, 6.07) is 0. The van der Waals surface area contributed by atoms with E-state index in [1.54, 1.807) is 20.8 Å². The van der Waals surface area contributed by atoms with Gasteiger partial charge in [0.15, 0.2) is 17.4 Å². The van der Waals surface area contributed by atoms with Crippen LogP contribution in [0.15, 0.2) is 11.1 Å². The van der Waals surface area contributed by atoms with Gasteiger partial charge >= 0.3 is 11.9 Å². The fraction of sp³-hybridized carbons (Fsp3) is 0.652. The normalized spacial score (nSPS) is 21.0. The average Bonchev–Trinajstić information content (AvgIpc) is 3.40. The van der Waals surface area contributed by atoms with E-state index in [0.29, 0.717) is 0 Å². The van der Waals surface area contributed by atoms with Crippen LogP contribution in [-0.4, -0.2) is 93.7 Å². The molecule has 3 heterocycles. The molecule has 1 saturated heterocycles.